The first-order valence-corrected chi connectivity index (χ1v) is 9.64. The highest BCUT2D eigenvalue weighted by Crippen LogP contribution is 2.40. The molecule has 0 bridgehead atoms. The largest absolute Gasteiger partial charge is 0.448 e. The lowest BCUT2D eigenvalue weighted by Crippen LogP contribution is -2.33. The maximum Gasteiger partial charge on any atom is 0.181 e. The molecule has 0 N–H and O–H groups in total. The van der Waals surface area contributed by atoms with Crippen LogP contribution in [0, 0.1) is 6.92 Å². The fourth-order valence-electron chi connectivity index (χ4n) is 3.99. The first-order chi connectivity index (χ1) is 12.8. The number of rotatable bonds is 4. The third-order valence-electron chi connectivity index (χ3n) is 5.86. The van der Waals surface area contributed by atoms with Crippen molar-refractivity contribution in [3.05, 3.63) is 53.5 Å². The van der Waals surface area contributed by atoms with Crippen molar-refractivity contribution in [3.8, 4) is 0 Å². The van der Waals surface area contributed by atoms with Crippen LogP contribution in [-0.2, 0) is 6.54 Å². The lowest BCUT2D eigenvalue weighted by Gasteiger charge is -2.31. The molecule has 0 radical (unpaired) electrons. The van der Waals surface area contributed by atoms with Crippen LogP contribution < -0.4 is 0 Å². The van der Waals surface area contributed by atoms with Crippen LogP contribution in [-0.4, -0.2) is 32.9 Å². The fourth-order valence-corrected chi connectivity index (χ4v) is 3.99. The third-order valence-corrected chi connectivity index (χ3v) is 5.86. The molecule has 2 fully saturated rings. The summed E-state index contributed by atoms with van der Waals surface area (Å²) >= 11 is 0. The summed E-state index contributed by atoms with van der Waals surface area (Å²) in [7, 11) is 0. The number of aromatic nitrogens is 3. The van der Waals surface area contributed by atoms with E-state index in [1.807, 2.05) is 13.1 Å². The van der Waals surface area contributed by atoms with Crippen molar-refractivity contribution in [2.24, 2.45) is 0 Å². The van der Waals surface area contributed by atoms with Crippen molar-refractivity contribution in [3.63, 3.8) is 0 Å². The molecule has 134 valence electrons. The van der Waals surface area contributed by atoms with E-state index < -0.39 is 0 Å². The highest BCUT2D eigenvalue weighted by Gasteiger charge is 2.25. The summed E-state index contributed by atoms with van der Waals surface area (Å²) in [4.78, 5) is 16.3. The molecule has 1 aliphatic carbocycles. The number of oxazole rings is 1. The second kappa shape index (κ2) is 6.47. The van der Waals surface area contributed by atoms with Crippen LogP contribution in [0.1, 0.15) is 60.2 Å². The van der Waals surface area contributed by atoms with Crippen molar-refractivity contribution < 1.29 is 4.42 Å². The Kier molecular flexibility index (Phi) is 3.97. The molecule has 5 rings (SSSR count). The summed E-state index contributed by atoms with van der Waals surface area (Å²) in [5, 5.41) is 1.18. The number of likely N-dealkylation sites (tertiary alicyclic amines) is 1. The second-order valence-electron chi connectivity index (χ2n) is 7.73. The maximum absolute atomic E-state index is 5.31. The summed E-state index contributed by atoms with van der Waals surface area (Å²) in [6.07, 6.45) is 8.46. The number of aryl methyl sites for hydroxylation is 1. The molecule has 2 aliphatic rings. The van der Waals surface area contributed by atoms with Gasteiger partial charge in [0.15, 0.2) is 12.0 Å². The standard InChI is InChI=1S/C21H24N4O/c1-14-20(23-13-26-14)12-25-8-6-16(7-9-25)19-5-4-17-10-18(15-2-3-15)11-22-21(17)24-19/h4-5,10-11,13,15-16H,2-3,6-9,12H2,1H3. The Morgan fingerprint density at radius 1 is 1.08 bits per heavy atom. The molecule has 3 aromatic heterocycles. The van der Waals surface area contributed by atoms with Crippen LogP contribution in [0.5, 0.6) is 0 Å². The molecule has 1 aliphatic heterocycles. The van der Waals surface area contributed by atoms with Gasteiger partial charge < -0.3 is 4.42 Å². The van der Waals surface area contributed by atoms with Gasteiger partial charge in [0, 0.05) is 29.7 Å². The summed E-state index contributed by atoms with van der Waals surface area (Å²) < 4.78 is 5.31. The van der Waals surface area contributed by atoms with Crippen LogP contribution in [0.4, 0.5) is 0 Å². The van der Waals surface area contributed by atoms with Crippen molar-refractivity contribution in [2.75, 3.05) is 13.1 Å². The monoisotopic (exact) mass is 348 g/mol. The molecule has 0 amide bonds. The Hall–Kier alpha value is -2.27. The zero-order valence-corrected chi connectivity index (χ0v) is 15.2. The van der Waals surface area contributed by atoms with Crippen LogP contribution in [0.15, 0.2) is 35.2 Å². The van der Waals surface area contributed by atoms with Crippen molar-refractivity contribution in [2.45, 2.75) is 51.0 Å². The number of hydrogen-bond acceptors (Lipinski definition) is 5. The van der Waals surface area contributed by atoms with Crippen molar-refractivity contribution in [1.29, 1.82) is 0 Å². The number of fused-ring (bicyclic) bond motifs is 1. The molecule has 1 saturated heterocycles. The Balaban J connectivity index is 1.27. The molecule has 5 heteroatoms. The first-order valence-electron chi connectivity index (χ1n) is 9.64. The Labute approximate surface area is 153 Å². The molecule has 0 atom stereocenters. The van der Waals surface area contributed by atoms with Gasteiger partial charge in [-0.05, 0) is 75.4 Å². The van der Waals surface area contributed by atoms with Gasteiger partial charge in [0.25, 0.3) is 0 Å². The predicted octanol–water partition coefficient (Wildman–Crippen LogP) is 4.18. The van der Waals surface area contributed by atoms with Crippen molar-refractivity contribution in [1.82, 2.24) is 19.9 Å². The van der Waals surface area contributed by atoms with E-state index in [0.717, 1.165) is 55.5 Å². The average molecular weight is 348 g/mol. The molecule has 26 heavy (non-hydrogen) atoms. The van der Waals surface area contributed by atoms with Gasteiger partial charge in [-0.15, -0.1) is 0 Å². The van der Waals surface area contributed by atoms with E-state index in [-0.39, 0.29) is 0 Å². The van der Waals surface area contributed by atoms with Gasteiger partial charge in [-0.2, -0.15) is 0 Å². The van der Waals surface area contributed by atoms with E-state index in [2.05, 4.69) is 33.1 Å². The van der Waals surface area contributed by atoms with Crippen LogP contribution in [0.3, 0.4) is 0 Å². The molecule has 0 unspecified atom stereocenters. The summed E-state index contributed by atoms with van der Waals surface area (Å²) in [5.41, 5.74) is 4.53. The zero-order valence-electron chi connectivity index (χ0n) is 15.2. The summed E-state index contributed by atoms with van der Waals surface area (Å²) in [6.45, 7) is 5.01. The van der Waals surface area contributed by atoms with Gasteiger partial charge in [-0.3, -0.25) is 4.90 Å². The van der Waals surface area contributed by atoms with E-state index in [4.69, 9.17) is 9.40 Å². The molecule has 1 saturated carbocycles. The average Bonchev–Trinajstić information content (AvgIpc) is 3.45. The number of pyridine rings is 2. The lowest BCUT2D eigenvalue weighted by atomic mass is 9.92. The minimum absolute atomic E-state index is 0.527. The van der Waals surface area contributed by atoms with E-state index in [9.17, 15) is 0 Å². The van der Waals surface area contributed by atoms with Crippen molar-refractivity contribution >= 4 is 11.0 Å². The highest BCUT2D eigenvalue weighted by atomic mass is 16.3. The number of hydrogen-bond donors (Lipinski definition) is 0. The van der Waals surface area contributed by atoms with E-state index >= 15 is 0 Å². The van der Waals surface area contributed by atoms with Gasteiger partial charge >= 0.3 is 0 Å². The normalized spacial score (nSPS) is 19.3. The number of nitrogens with zero attached hydrogens (tertiary/aromatic N) is 4. The predicted molar refractivity (Wildman–Crippen MR) is 100 cm³/mol. The SMILES string of the molecule is Cc1ocnc1CN1CCC(c2ccc3cc(C4CC4)cnc3n2)CC1. The smallest absolute Gasteiger partial charge is 0.181 e. The first kappa shape index (κ1) is 15.9. The van der Waals surface area contributed by atoms with Gasteiger partial charge in [-0.1, -0.05) is 0 Å². The quantitative estimate of drug-likeness (QED) is 0.708. The second-order valence-corrected chi connectivity index (χ2v) is 7.73. The topological polar surface area (TPSA) is 55.1 Å². The van der Waals surface area contributed by atoms with Gasteiger partial charge in [0.2, 0.25) is 0 Å². The van der Waals surface area contributed by atoms with Gasteiger partial charge in [0.05, 0.1) is 5.69 Å². The van der Waals surface area contributed by atoms with E-state index in [1.165, 1.54) is 35.9 Å². The zero-order chi connectivity index (χ0) is 17.5. The molecular weight excluding hydrogens is 324 g/mol. The van der Waals surface area contributed by atoms with Crippen LogP contribution in [0.25, 0.3) is 11.0 Å². The van der Waals surface area contributed by atoms with Gasteiger partial charge in [-0.25, -0.2) is 15.0 Å². The Morgan fingerprint density at radius 2 is 1.92 bits per heavy atom. The minimum Gasteiger partial charge on any atom is -0.448 e. The molecule has 3 aromatic rings. The lowest BCUT2D eigenvalue weighted by molar-refractivity contribution is 0.200. The molecule has 0 aromatic carbocycles. The Morgan fingerprint density at radius 3 is 2.65 bits per heavy atom. The van der Waals surface area contributed by atoms with Crippen LogP contribution in [0.2, 0.25) is 0 Å². The van der Waals surface area contributed by atoms with Crippen LogP contribution >= 0.6 is 0 Å². The Bertz CT molecular complexity index is 923. The fraction of sp³-hybridized carbons (Fsp3) is 0.476. The highest BCUT2D eigenvalue weighted by molar-refractivity contribution is 5.75. The molecule has 0 spiro atoms. The van der Waals surface area contributed by atoms with E-state index in [1.54, 1.807) is 0 Å². The molecular formula is C21H24N4O. The number of piperidine rings is 1. The maximum atomic E-state index is 5.31. The molecule has 5 nitrogen and oxygen atoms in total. The summed E-state index contributed by atoms with van der Waals surface area (Å²) in [5.74, 6) is 2.20. The minimum atomic E-state index is 0.527. The summed E-state index contributed by atoms with van der Waals surface area (Å²) in [6, 6.07) is 6.70. The van der Waals surface area contributed by atoms with Gasteiger partial charge in [0.1, 0.15) is 5.76 Å². The molecule has 4 heterocycles. The van der Waals surface area contributed by atoms with E-state index in [0.29, 0.717) is 5.92 Å². The third kappa shape index (κ3) is 3.12.